The summed E-state index contributed by atoms with van der Waals surface area (Å²) in [5, 5.41) is 11.4. The maximum absolute atomic E-state index is 12.0. The van der Waals surface area contributed by atoms with E-state index in [9.17, 15) is 9.59 Å². The molecular formula is C12H15N3O3. The van der Waals surface area contributed by atoms with Crippen LogP contribution in [0.4, 0.5) is 0 Å². The van der Waals surface area contributed by atoms with Gasteiger partial charge in [-0.1, -0.05) is 6.92 Å². The summed E-state index contributed by atoms with van der Waals surface area (Å²) in [7, 11) is 0. The Morgan fingerprint density at radius 2 is 2.28 bits per heavy atom. The Morgan fingerprint density at radius 1 is 1.56 bits per heavy atom. The van der Waals surface area contributed by atoms with Crippen molar-refractivity contribution in [1.29, 1.82) is 0 Å². The minimum absolute atomic E-state index is 0.318. The van der Waals surface area contributed by atoms with Gasteiger partial charge in [-0.25, -0.2) is 14.8 Å². The van der Waals surface area contributed by atoms with E-state index in [2.05, 4.69) is 15.3 Å². The average Bonchev–Trinajstić information content (AvgIpc) is 3.19. The SMILES string of the molecule is CC[C@H](NC(=O)c1cncnc1C1CC1)C(=O)O. The van der Waals surface area contributed by atoms with E-state index in [-0.39, 0.29) is 0 Å². The Labute approximate surface area is 104 Å². The minimum Gasteiger partial charge on any atom is -0.480 e. The second-order valence-corrected chi connectivity index (χ2v) is 4.37. The molecule has 1 atom stereocenters. The van der Waals surface area contributed by atoms with Crippen LogP contribution in [-0.2, 0) is 4.79 Å². The predicted molar refractivity (Wildman–Crippen MR) is 63.2 cm³/mol. The highest BCUT2D eigenvalue weighted by Gasteiger charge is 2.30. The standard InChI is InChI=1S/C12H15N3O3/c1-2-9(12(17)18)15-11(16)8-5-13-6-14-10(8)7-3-4-7/h5-7,9H,2-4H2,1H3,(H,15,16)(H,17,18)/t9-/m0/s1. The molecule has 96 valence electrons. The molecule has 1 heterocycles. The number of aromatic nitrogens is 2. The van der Waals surface area contributed by atoms with Gasteiger partial charge in [-0.05, 0) is 19.3 Å². The first-order valence-electron chi connectivity index (χ1n) is 5.97. The van der Waals surface area contributed by atoms with Crippen molar-refractivity contribution >= 4 is 11.9 Å². The summed E-state index contributed by atoms with van der Waals surface area (Å²) in [4.78, 5) is 30.9. The largest absolute Gasteiger partial charge is 0.480 e. The number of rotatable bonds is 5. The summed E-state index contributed by atoms with van der Waals surface area (Å²) in [5.41, 5.74) is 1.11. The van der Waals surface area contributed by atoms with E-state index >= 15 is 0 Å². The van der Waals surface area contributed by atoms with Crippen LogP contribution < -0.4 is 5.32 Å². The highest BCUT2D eigenvalue weighted by Crippen LogP contribution is 2.40. The van der Waals surface area contributed by atoms with E-state index in [1.807, 2.05) is 0 Å². The zero-order valence-electron chi connectivity index (χ0n) is 10.1. The zero-order valence-corrected chi connectivity index (χ0v) is 10.1. The second kappa shape index (κ2) is 5.12. The fraction of sp³-hybridized carbons (Fsp3) is 0.500. The zero-order chi connectivity index (χ0) is 13.1. The number of carboxylic acid groups (broad SMARTS) is 1. The van der Waals surface area contributed by atoms with Crippen molar-refractivity contribution in [1.82, 2.24) is 15.3 Å². The van der Waals surface area contributed by atoms with Gasteiger partial charge in [0.1, 0.15) is 12.4 Å². The molecule has 6 heteroatoms. The van der Waals surface area contributed by atoms with Gasteiger partial charge in [-0.15, -0.1) is 0 Å². The molecule has 0 bridgehead atoms. The third kappa shape index (κ3) is 2.64. The maximum atomic E-state index is 12.0. The van der Waals surface area contributed by atoms with Crippen LogP contribution in [0.2, 0.25) is 0 Å². The normalized spacial score (nSPS) is 16.1. The Bertz CT molecular complexity index is 471. The molecule has 1 saturated carbocycles. The smallest absolute Gasteiger partial charge is 0.326 e. The van der Waals surface area contributed by atoms with Crippen LogP contribution in [0.5, 0.6) is 0 Å². The first kappa shape index (κ1) is 12.5. The summed E-state index contributed by atoms with van der Waals surface area (Å²) >= 11 is 0. The summed E-state index contributed by atoms with van der Waals surface area (Å²) < 4.78 is 0. The predicted octanol–water partition coefficient (Wildman–Crippen LogP) is 0.947. The number of hydrogen-bond donors (Lipinski definition) is 2. The van der Waals surface area contributed by atoms with Gasteiger partial charge >= 0.3 is 5.97 Å². The number of amides is 1. The Kier molecular flexibility index (Phi) is 3.55. The van der Waals surface area contributed by atoms with E-state index in [1.165, 1.54) is 12.5 Å². The third-order valence-corrected chi connectivity index (χ3v) is 2.96. The lowest BCUT2D eigenvalue weighted by atomic mass is 10.1. The van der Waals surface area contributed by atoms with Gasteiger partial charge in [0.05, 0.1) is 11.3 Å². The van der Waals surface area contributed by atoms with Crippen molar-refractivity contribution in [2.75, 3.05) is 0 Å². The van der Waals surface area contributed by atoms with Crippen molar-refractivity contribution in [2.45, 2.75) is 38.1 Å². The van der Waals surface area contributed by atoms with E-state index < -0.39 is 17.9 Å². The first-order valence-corrected chi connectivity index (χ1v) is 5.97. The highest BCUT2D eigenvalue weighted by atomic mass is 16.4. The molecule has 18 heavy (non-hydrogen) atoms. The highest BCUT2D eigenvalue weighted by molar-refractivity contribution is 5.97. The number of nitrogens with one attached hydrogen (secondary N) is 1. The lowest BCUT2D eigenvalue weighted by molar-refractivity contribution is -0.139. The van der Waals surface area contributed by atoms with Crippen LogP contribution >= 0.6 is 0 Å². The molecule has 0 radical (unpaired) electrons. The lowest BCUT2D eigenvalue weighted by Crippen LogP contribution is -2.40. The molecule has 0 aromatic carbocycles. The van der Waals surface area contributed by atoms with Crippen LogP contribution in [0.3, 0.4) is 0 Å². The van der Waals surface area contributed by atoms with Crippen molar-refractivity contribution in [3.63, 3.8) is 0 Å². The monoisotopic (exact) mass is 249 g/mol. The van der Waals surface area contributed by atoms with Gasteiger partial charge in [0.25, 0.3) is 5.91 Å². The second-order valence-electron chi connectivity index (χ2n) is 4.37. The van der Waals surface area contributed by atoms with E-state index in [4.69, 9.17) is 5.11 Å². The van der Waals surface area contributed by atoms with Crippen LogP contribution in [0.25, 0.3) is 0 Å². The molecule has 2 N–H and O–H groups in total. The van der Waals surface area contributed by atoms with Gasteiger partial charge in [-0.2, -0.15) is 0 Å². The maximum Gasteiger partial charge on any atom is 0.326 e. The quantitative estimate of drug-likeness (QED) is 0.810. The lowest BCUT2D eigenvalue weighted by Gasteiger charge is -2.13. The number of carbonyl (C=O) groups excluding carboxylic acids is 1. The molecule has 0 aliphatic heterocycles. The Morgan fingerprint density at radius 3 is 2.83 bits per heavy atom. The van der Waals surface area contributed by atoms with Crippen LogP contribution in [-0.4, -0.2) is 33.0 Å². The molecule has 2 rings (SSSR count). The Balaban J connectivity index is 2.15. The summed E-state index contributed by atoms with van der Waals surface area (Å²) in [6, 6.07) is -0.871. The molecular weight excluding hydrogens is 234 g/mol. The van der Waals surface area contributed by atoms with Crippen LogP contribution in [0.1, 0.15) is 48.2 Å². The molecule has 1 aliphatic carbocycles. The summed E-state index contributed by atoms with van der Waals surface area (Å²) in [6.07, 6.45) is 5.25. The molecule has 1 amide bonds. The number of hydrogen-bond acceptors (Lipinski definition) is 4. The van der Waals surface area contributed by atoms with Crippen LogP contribution in [0.15, 0.2) is 12.5 Å². The van der Waals surface area contributed by atoms with Gasteiger partial charge in [0, 0.05) is 12.1 Å². The molecule has 1 aromatic rings. The van der Waals surface area contributed by atoms with Crippen molar-refractivity contribution in [3.8, 4) is 0 Å². The number of carboxylic acids is 1. The fourth-order valence-electron chi connectivity index (χ4n) is 1.77. The molecule has 1 aromatic heterocycles. The molecule has 0 spiro atoms. The molecule has 1 aliphatic rings. The van der Waals surface area contributed by atoms with Gasteiger partial charge in [0.15, 0.2) is 0 Å². The number of nitrogens with zero attached hydrogens (tertiary/aromatic N) is 2. The van der Waals surface area contributed by atoms with Crippen LogP contribution in [0, 0.1) is 0 Å². The van der Waals surface area contributed by atoms with Gasteiger partial charge < -0.3 is 10.4 Å². The molecule has 1 fully saturated rings. The first-order chi connectivity index (χ1) is 8.63. The topological polar surface area (TPSA) is 92.2 Å². The molecule has 6 nitrogen and oxygen atoms in total. The number of aliphatic carboxylic acids is 1. The van der Waals surface area contributed by atoms with Crippen molar-refractivity contribution < 1.29 is 14.7 Å². The average molecular weight is 249 g/mol. The molecule has 0 saturated heterocycles. The summed E-state index contributed by atoms with van der Waals surface area (Å²) in [6.45, 7) is 1.71. The van der Waals surface area contributed by atoms with E-state index in [0.717, 1.165) is 18.5 Å². The third-order valence-electron chi connectivity index (χ3n) is 2.96. The van der Waals surface area contributed by atoms with Gasteiger partial charge in [-0.3, -0.25) is 4.79 Å². The van der Waals surface area contributed by atoms with Crippen molar-refractivity contribution in [3.05, 3.63) is 23.8 Å². The molecule has 0 unspecified atom stereocenters. The van der Waals surface area contributed by atoms with Gasteiger partial charge in [0.2, 0.25) is 0 Å². The summed E-state index contributed by atoms with van der Waals surface area (Å²) in [5.74, 6) is -1.12. The number of carbonyl (C=O) groups is 2. The Hall–Kier alpha value is -1.98. The fourth-order valence-corrected chi connectivity index (χ4v) is 1.77. The van der Waals surface area contributed by atoms with Crippen molar-refractivity contribution in [2.24, 2.45) is 0 Å². The van der Waals surface area contributed by atoms with E-state index in [0.29, 0.717) is 17.9 Å². The minimum atomic E-state index is -1.03. The van der Waals surface area contributed by atoms with E-state index in [1.54, 1.807) is 6.92 Å².